The molecule has 1 fully saturated rings. The van der Waals surface area contributed by atoms with Crippen molar-refractivity contribution in [3.63, 3.8) is 0 Å². The van der Waals surface area contributed by atoms with Crippen molar-refractivity contribution < 1.29 is 8.42 Å². The van der Waals surface area contributed by atoms with Crippen molar-refractivity contribution in [2.45, 2.75) is 26.7 Å². The zero-order valence-electron chi connectivity index (χ0n) is 11.2. The number of aromatic nitrogens is 1. The number of thiazole rings is 1. The summed E-state index contributed by atoms with van der Waals surface area (Å²) in [7, 11) is -3.66. The Balaban J connectivity index is 1.61. The molecule has 8 heteroatoms. The maximum atomic E-state index is 11.2. The Morgan fingerprint density at radius 1 is 1.33 bits per heavy atom. The number of nitrogens with two attached hydrogens (primary N) is 1. The van der Waals surface area contributed by atoms with E-state index in [1.807, 2.05) is 30.0 Å². The Morgan fingerprint density at radius 3 is 2.62 bits per heavy atom. The molecular weight excluding hydrogens is 326 g/mol. The van der Waals surface area contributed by atoms with Gasteiger partial charge in [-0.15, -0.1) is 11.8 Å². The molecular formula is C13H15N3O2S3. The van der Waals surface area contributed by atoms with Crippen molar-refractivity contribution in [2.24, 2.45) is 5.14 Å². The molecule has 21 heavy (non-hydrogen) atoms. The summed E-state index contributed by atoms with van der Waals surface area (Å²) in [6.07, 6.45) is 3.59. The highest BCUT2D eigenvalue weighted by atomic mass is 32.2. The number of rotatable bonds is 6. The van der Waals surface area contributed by atoms with Gasteiger partial charge in [0.15, 0.2) is 9.34 Å². The highest BCUT2D eigenvalue weighted by Crippen LogP contribution is 2.51. The number of anilines is 1. The summed E-state index contributed by atoms with van der Waals surface area (Å²) in [4.78, 5) is 5.31. The third-order valence-electron chi connectivity index (χ3n) is 3.21. The molecule has 1 aromatic heterocycles. The molecule has 0 saturated heterocycles. The van der Waals surface area contributed by atoms with Gasteiger partial charge < -0.3 is 5.32 Å². The fraction of sp³-hybridized carbons (Fsp3) is 0.308. The van der Waals surface area contributed by atoms with E-state index >= 15 is 0 Å². The summed E-state index contributed by atoms with van der Waals surface area (Å²) in [5.74, 6) is 0. The lowest BCUT2D eigenvalue weighted by Crippen LogP contribution is -2.17. The van der Waals surface area contributed by atoms with Gasteiger partial charge in [0, 0.05) is 16.2 Å². The molecule has 0 amide bonds. The van der Waals surface area contributed by atoms with Crippen molar-refractivity contribution >= 4 is 38.3 Å². The summed E-state index contributed by atoms with van der Waals surface area (Å²) >= 11 is 2.93. The SMILES string of the molecule is NS(=O)(=O)c1cnc(NCC2(Sc3ccccc3)CC2)s1. The number of sulfonamides is 1. The van der Waals surface area contributed by atoms with E-state index in [0.29, 0.717) is 5.13 Å². The van der Waals surface area contributed by atoms with Crippen LogP contribution in [0.5, 0.6) is 0 Å². The second-order valence-corrected chi connectivity index (χ2v) is 9.34. The Bertz CT molecular complexity index is 724. The Morgan fingerprint density at radius 2 is 2.05 bits per heavy atom. The Hall–Kier alpha value is -1.09. The third kappa shape index (κ3) is 3.76. The first-order chi connectivity index (χ1) is 9.97. The largest absolute Gasteiger partial charge is 0.360 e. The van der Waals surface area contributed by atoms with Crippen molar-refractivity contribution in [1.82, 2.24) is 4.98 Å². The minimum atomic E-state index is -3.66. The van der Waals surface area contributed by atoms with Crippen molar-refractivity contribution in [3.8, 4) is 0 Å². The van der Waals surface area contributed by atoms with Crippen LogP contribution in [0.25, 0.3) is 0 Å². The fourth-order valence-electron chi connectivity index (χ4n) is 1.90. The molecule has 1 saturated carbocycles. The van der Waals surface area contributed by atoms with Crippen molar-refractivity contribution in [1.29, 1.82) is 0 Å². The zero-order valence-corrected chi connectivity index (χ0v) is 13.6. The average molecular weight is 341 g/mol. The number of primary sulfonamides is 1. The molecule has 1 aliphatic carbocycles. The van der Waals surface area contributed by atoms with Crippen LogP contribution >= 0.6 is 23.1 Å². The Kier molecular flexibility index (Phi) is 3.96. The molecule has 3 N–H and O–H groups in total. The van der Waals surface area contributed by atoms with Crippen LogP contribution in [0.15, 0.2) is 45.6 Å². The van der Waals surface area contributed by atoms with Gasteiger partial charge in [-0.25, -0.2) is 18.5 Å². The van der Waals surface area contributed by atoms with E-state index in [-0.39, 0.29) is 8.96 Å². The molecule has 1 aromatic carbocycles. The van der Waals surface area contributed by atoms with Gasteiger partial charge >= 0.3 is 0 Å². The fourth-order valence-corrected chi connectivity index (χ4v) is 4.59. The maximum absolute atomic E-state index is 11.2. The summed E-state index contributed by atoms with van der Waals surface area (Å²) in [5.41, 5.74) is 0. The summed E-state index contributed by atoms with van der Waals surface area (Å²) in [6, 6.07) is 10.3. The second-order valence-electron chi connectivity index (χ2n) is 4.98. The van der Waals surface area contributed by atoms with E-state index in [0.717, 1.165) is 30.7 Å². The van der Waals surface area contributed by atoms with Crippen LogP contribution < -0.4 is 10.5 Å². The monoisotopic (exact) mass is 341 g/mol. The number of hydrogen-bond acceptors (Lipinski definition) is 6. The molecule has 1 heterocycles. The number of benzene rings is 1. The molecule has 0 spiro atoms. The lowest BCUT2D eigenvalue weighted by atomic mass is 10.4. The zero-order chi connectivity index (χ0) is 14.9. The first kappa shape index (κ1) is 14.8. The van der Waals surface area contributed by atoms with Crippen LogP contribution in [0.1, 0.15) is 12.8 Å². The van der Waals surface area contributed by atoms with Gasteiger partial charge in [-0.05, 0) is 25.0 Å². The van der Waals surface area contributed by atoms with E-state index < -0.39 is 10.0 Å². The molecule has 112 valence electrons. The van der Waals surface area contributed by atoms with Gasteiger partial charge in [0.1, 0.15) is 0 Å². The lowest BCUT2D eigenvalue weighted by Gasteiger charge is -2.15. The number of thioether (sulfide) groups is 1. The smallest absolute Gasteiger partial charge is 0.249 e. The standard InChI is InChI=1S/C13H15N3O2S3/c14-21(17,18)11-8-15-12(19-11)16-9-13(6-7-13)20-10-4-2-1-3-5-10/h1-5,8H,6-7,9H2,(H,15,16)(H2,14,17,18). The minimum absolute atomic E-state index is 0.0885. The Labute approximate surface area is 132 Å². The summed E-state index contributed by atoms with van der Waals surface area (Å²) < 4.78 is 22.7. The molecule has 0 unspecified atom stereocenters. The lowest BCUT2D eigenvalue weighted by molar-refractivity contribution is 0.599. The van der Waals surface area contributed by atoms with Gasteiger partial charge in [0.25, 0.3) is 0 Å². The quantitative estimate of drug-likeness (QED) is 0.843. The number of nitrogens with one attached hydrogen (secondary N) is 1. The van der Waals surface area contributed by atoms with Crippen LogP contribution in [0, 0.1) is 0 Å². The average Bonchev–Trinajstić information content (AvgIpc) is 3.02. The maximum Gasteiger partial charge on any atom is 0.249 e. The van der Waals surface area contributed by atoms with Gasteiger partial charge in [-0.3, -0.25) is 0 Å². The number of nitrogens with zero attached hydrogens (tertiary/aromatic N) is 1. The summed E-state index contributed by atoms with van der Waals surface area (Å²) in [5, 5.41) is 8.90. The molecule has 1 aliphatic rings. The minimum Gasteiger partial charge on any atom is -0.360 e. The normalized spacial score (nSPS) is 16.6. The predicted octanol–water partition coefficient (Wildman–Crippen LogP) is 2.53. The first-order valence-corrected chi connectivity index (χ1v) is 9.61. The van der Waals surface area contributed by atoms with E-state index in [2.05, 4.69) is 22.4 Å². The van der Waals surface area contributed by atoms with Crippen LogP contribution in [-0.2, 0) is 10.0 Å². The van der Waals surface area contributed by atoms with Crippen LogP contribution in [-0.4, -0.2) is 24.7 Å². The van der Waals surface area contributed by atoms with Crippen LogP contribution in [0.2, 0.25) is 0 Å². The summed E-state index contributed by atoms with van der Waals surface area (Å²) in [6.45, 7) is 0.768. The first-order valence-electron chi connectivity index (χ1n) is 6.44. The van der Waals surface area contributed by atoms with Crippen LogP contribution in [0.3, 0.4) is 0 Å². The van der Waals surface area contributed by atoms with Crippen molar-refractivity contribution in [2.75, 3.05) is 11.9 Å². The highest BCUT2D eigenvalue weighted by molar-refractivity contribution is 8.01. The van der Waals surface area contributed by atoms with Gasteiger partial charge in [0.2, 0.25) is 10.0 Å². The number of hydrogen-bond donors (Lipinski definition) is 2. The molecule has 0 radical (unpaired) electrons. The second kappa shape index (κ2) is 5.60. The van der Waals surface area contributed by atoms with E-state index in [4.69, 9.17) is 5.14 Å². The molecule has 5 nitrogen and oxygen atoms in total. The van der Waals surface area contributed by atoms with Crippen LogP contribution in [0.4, 0.5) is 5.13 Å². The van der Waals surface area contributed by atoms with E-state index in [9.17, 15) is 8.42 Å². The topological polar surface area (TPSA) is 85.1 Å². The highest BCUT2D eigenvalue weighted by Gasteiger charge is 2.43. The molecule has 0 bridgehead atoms. The molecule has 3 rings (SSSR count). The van der Waals surface area contributed by atoms with Gasteiger partial charge in [0.05, 0.1) is 6.20 Å². The molecule has 2 aromatic rings. The molecule has 0 atom stereocenters. The van der Waals surface area contributed by atoms with Gasteiger partial charge in [-0.2, -0.15) is 0 Å². The van der Waals surface area contributed by atoms with E-state index in [1.54, 1.807) is 0 Å². The molecule has 0 aliphatic heterocycles. The van der Waals surface area contributed by atoms with Crippen molar-refractivity contribution in [3.05, 3.63) is 36.5 Å². The predicted molar refractivity (Wildman–Crippen MR) is 86.2 cm³/mol. The van der Waals surface area contributed by atoms with Gasteiger partial charge in [-0.1, -0.05) is 29.5 Å². The van der Waals surface area contributed by atoms with E-state index in [1.165, 1.54) is 11.1 Å². The third-order valence-corrected chi connectivity index (χ3v) is 7.07.